The second kappa shape index (κ2) is 7.19. The Morgan fingerprint density at radius 1 is 1.22 bits per heavy atom. The van der Waals surface area contributed by atoms with Gasteiger partial charge in [0.25, 0.3) is 0 Å². The monoisotopic (exact) mass is 391 g/mol. The third-order valence-electron chi connectivity index (χ3n) is 4.55. The summed E-state index contributed by atoms with van der Waals surface area (Å²) in [6.07, 6.45) is 0.545. The number of benzene rings is 1. The molecule has 0 bridgehead atoms. The largest absolute Gasteiger partial charge is 0.466 e. The summed E-state index contributed by atoms with van der Waals surface area (Å²) in [4.78, 5) is 24.5. The summed E-state index contributed by atoms with van der Waals surface area (Å²) >= 11 is 0. The SMILES string of the molecule is CCS(=O)(=O)N1CCc2cc(C(=O)COC(=O)c3cc(C)oc3C)ccc21. The Bertz CT molecular complexity index is 1010. The van der Waals surface area contributed by atoms with Crippen LogP contribution in [0.2, 0.25) is 0 Å². The average Bonchev–Trinajstić information content (AvgIpc) is 3.21. The summed E-state index contributed by atoms with van der Waals surface area (Å²) in [6, 6.07) is 6.43. The van der Waals surface area contributed by atoms with Crippen LogP contribution in [0.5, 0.6) is 0 Å². The molecule has 0 spiro atoms. The first-order valence-corrected chi connectivity index (χ1v) is 10.2. The highest BCUT2D eigenvalue weighted by Gasteiger charge is 2.28. The molecule has 0 saturated carbocycles. The number of fused-ring (bicyclic) bond motifs is 1. The number of nitrogens with zero attached hydrogens (tertiary/aromatic N) is 1. The molecule has 0 amide bonds. The van der Waals surface area contributed by atoms with E-state index in [0.717, 1.165) is 5.56 Å². The lowest BCUT2D eigenvalue weighted by atomic mass is 10.1. The van der Waals surface area contributed by atoms with Gasteiger partial charge in [0.2, 0.25) is 10.0 Å². The second-order valence-electron chi connectivity index (χ2n) is 6.39. The van der Waals surface area contributed by atoms with Crippen LogP contribution in [-0.2, 0) is 21.2 Å². The summed E-state index contributed by atoms with van der Waals surface area (Å²) in [5.74, 6) is 0.103. The maximum Gasteiger partial charge on any atom is 0.342 e. The maximum absolute atomic E-state index is 12.4. The molecule has 0 aliphatic carbocycles. The minimum absolute atomic E-state index is 0.0238. The molecular weight excluding hydrogens is 370 g/mol. The first kappa shape index (κ1) is 19.2. The van der Waals surface area contributed by atoms with Gasteiger partial charge in [-0.25, -0.2) is 13.2 Å². The number of anilines is 1. The van der Waals surface area contributed by atoms with Gasteiger partial charge in [0, 0.05) is 12.1 Å². The number of carbonyl (C=O) groups is 2. The van der Waals surface area contributed by atoms with Crippen LogP contribution >= 0.6 is 0 Å². The molecule has 2 aromatic rings. The van der Waals surface area contributed by atoms with Gasteiger partial charge in [0.15, 0.2) is 12.4 Å². The number of hydrogen-bond donors (Lipinski definition) is 0. The number of aryl methyl sites for hydroxylation is 2. The van der Waals surface area contributed by atoms with Crippen LogP contribution in [0, 0.1) is 13.8 Å². The lowest BCUT2D eigenvalue weighted by Crippen LogP contribution is -2.30. The number of sulfonamides is 1. The van der Waals surface area contributed by atoms with Crippen LogP contribution in [0.25, 0.3) is 0 Å². The number of ether oxygens (including phenoxy) is 1. The lowest BCUT2D eigenvalue weighted by Gasteiger charge is -2.18. The van der Waals surface area contributed by atoms with Gasteiger partial charge in [-0.1, -0.05) is 0 Å². The number of hydrogen-bond acceptors (Lipinski definition) is 6. The topological polar surface area (TPSA) is 93.9 Å². The summed E-state index contributed by atoms with van der Waals surface area (Å²) in [6.45, 7) is 4.96. The van der Waals surface area contributed by atoms with Gasteiger partial charge in [-0.05, 0) is 57.0 Å². The quantitative estimate of drug-likeness (QED) is 0.555. The van der Waals surface area contributed by atoms with Gasteiger partial charge in [0.05, 0.1) is 11.4 Å². The Hall–Kier alpha value is -2.61. The van der Waals surface area contributed by atoms with Crippen LogP contribution in [0.4, 0.5) is 5.69 Å². The van der Waals surface area contributed by atoms with Crippen molar-refractivity contribution in [2.24, 2.45) is 0 Å². The van der Waals surface area contributed by atoms with E-state index in [0.29, 0.717) is 41.3 Å². The number of furan rings is 1. The standard InChI is InChI=1S/C19H21NO6S/c1-4-27(23,24)20-8-7-14-10-15(5-6-17(14)20)18(21)11-25-19(22)16-9-12(2)26-13(16)3/h5-6,9-10H,4,7-8,11H2,1-3H3. The molecular formula is C19H21NO6S. The molecule has 0 radical (unpaired) electrons. The van der Waals surface area contributed by atoms with Crippen LogP contribution in [-0.4, -0.2) is 39.1 Å². The predicted molar refractivity (Wildman–Crippen MR) is 99.7 cm³/mol. The van der Waals surface area contributed by atoms with E-state index in [1.807, 2.05) is 0 Å². The van der Waals surface area contributed by atoms with Crippen molar-refractivity contribution in [1.82, 2.24) is 0 Å². The van der Waals surface area contributed by atoms with Gasteiger partial charge in [-0.15, -0.1) is 0 Å². The molecule has 0 fully saturated rings. The molecule has 0 saturated heterocycles. The molecule has 1 aromatic carbocycles. The van der Waals surface area contributed by atoms with E-state index in [1.54, 1.807) is 45.0 Å². The van der Waals surface area contributed by atoms with Crippen molar-refractivity contribution in [2.75, 3.05) is 23.2 Å². The zero-order valence-electron chi connectivity index (χ0n) is 15.4. The zero-order chi connectivity index (χ0) is 19.8. The third-order valence-corrected chi connectivity index (χ3v) is 6.33. The first-order valence-electron chi connectivity index (χ1n) is 8.63. The molecule has 2 heterocycles. The van der Waals surface area contributed by atoms with E-state index in [1.165, 1.54) is 4.31 Å². The summed E-state index contributed by atoms with van der Waals surface area (Å²) < 4.78 is 36.0. The lowest BCUT2D eigenvalue weighted by molar-refractivity contribution is 0.0473. The fourth-order valence-corrected chi connectivity index (χ4v) is 4.27. The van der Waals surface area contributed by atoms with Crippen molar-refractivity contribution in [2.45, 2.75) is 27.2 Å². The molecule has 0 atom stereocenters. The first-order chi connectivity index (χ1) is 12.7. The maximum atomic E-state index is 12.4. The van der Waals surface area contributed by atoms with Gasteiger partial charge >= 0.3 is 5.97 Å². The van der Waals surface area contributed by atoms with E-state index in [-0.39, 0.29) is 11.5 Å². The highest BCUT2D eigenvalue weighted by Crippen LogP contribution is 2.31. The second-order valence-corrected chi connectivity index (χ2v) is 8.57. The molecule has 7 nitrogen and oxygen atoms in total. The van der Waals surface area contributed by atoms with Crippen molar-refractivity contribution in [3.63, 3.8) is 0 Å². The number of Topliss-reactive ketones (excluding diaryl/α,β-unsaturated/α-hetero) is 1. The minimum atomic E-state index is -3.33. The molecule has 0 unspecified atom stereocenters. The minimum Gasteiger partial charge on any atom is -0.466 e. The van der Waals surface area contributed by atoms with E-state index < -0.39 is 22.6 Å². The van der Waals surface area contributed by atoms with Crippen molar-refractivity contribution < 1.29 is 27.2 Å². The smallest absolute Gasteiger partial charge is 0.342 e. The summed E-state index contributed by atoms with van der Waals surface area (Å²) in [5.41, 5.74) is 2.09. The van der Waals surface area contributed by atoms with Crippen LogP contribution in [0.3, 0.4) is 0 Å². The Morgan fingerprint density at radius 3 is 2.59 bits per heavy atom. The van der Waals surface area contributed by atoms with Gasteiger partial charge < -0.3 is 9.15 Å². The molecule has 8 heteroatoms. The summed E-state index contributed by atoms with van der Waals surface area (Å²) in [5, 5.41) is 0. The molecule has 3 rings (SSSR count). The number of esters is 1. The zero-order valence-corrected chi connectivity index (χ0v) is 16.3. The van der Waals surface area contributed by atoms with Crippen LogP contribution < -0.4 is 4.31 Å². The Kier molecular flexibility index (Phi) is 5.10. The molecule has 1 aliphatic rings. The molecule has 144 valence electrons. The molecule has 27 heavy (non-hydrogen) atoms. The molecule has 1 aliphatic heterocycles. The van der Waals surface area contributed by atoms with Crippen LogP contribution in [0.15, 0.2) is 28.7 Å². The van der Waals surface area contributed by atoms with E-state index in [4.69, 9.17) is 9.15 Å². The normalized spacial score (nSPS) is 13.5. The molecule has 0 N–H and O–H groups in total. The van der Waals surface area contributed by atoms with Crippen molar-refractivity contribution in [3.05, 3.63) is 52.5 Å². The van der Waals surface area contributed by atoms with E-state index in [9.17, 15) is 18.0 Å². The Labute approximate surface area is 158 Å². The van der Waals surface area contributed by atoms with Crippen molar-refractivity contribution in [3.8, 4) is 0 Å². The Morgan fingerprint density at radius 2 is 1.96 bits per heavy atom. The van der Waals surface area contributed by atoms with E-state index >= 15 is 0 Å². The fourth-order valence-electron chi connectivity index (χ4n) is 3.12. The van der Waals surface area contributed by atoms with Crippen molar-refractivity contribution >= 4 is 27.5 Å². The number of rotatable bonds is 6. The highest BCUT2D eigenvalue weighted by molar-refractivity contribution is 7.92. The van der Waals surface area contributed by atoms with Crippen molar-refractivity contribution in [1.29, 1.82) is 0 Å². The van der Waals surface area contributed by atoms with Gasteiger partial charge in [-0.2, -0.15) is 0 Å². The average molecular weight is 391 g/mol. The number of ketones is 1. The molecule has 1 aromatic heterocycles. The van der Waals surface area contributed by atoms with Crippen LogP contribution in [0.1, 0.15) is 44.7 Å². The number of carbonyl (C=O) groups excluding carboxylic acids is 2. The van der Waals surface area contributed by atoms with Gasteiger partial charge in [-0.3, -0.25) is 9.10 Å². The highest BCUT2D eigenvalue weighted by atomic mass is 32.2. The fraction of sp³-hybridized carbons (Fsp3) is 0.368. The predicted octanol–water partition coefficient (Wildman–Crippen LogP) is 2.65. The van der Waals surface area contributed by atoms with Gasteiger partial charge in [0.1, 0.15) is 17.1 Å². The third kappa shape index (κ3) is 3.75. The Balaban J connectivity index is 1.70. The van der Waals surface area contributed by atoms with E-state index in [2.05, 4.69) is 0 Å². The summed E-state index contributed by atoms with van der Waals surface area (Å²) in [7, 11) is -3.33.